The maximum atomic E-state index is 13.5. The zero-order valence-corrected chi connectivity index (χ0v) is 20.4. The van der Waals surface area contributed by atoms with Gasteiger partial charge < -0.3 is 10.3 Å². The Morgan fingerprint density at radius 3 is 2.51 bits per heavy atom. The standard InChI is InChI=1S/C30H32FN3O/c1-20(2)30(35)32-25-7-5-6-23(18-25)21-14-16-34(17-15-21)19-27-26-8-3-4-9-28(26)33-29(27)22-10-12-24(31)13-11-22/h3-13,18,20-21,33H,14-17,19H2,1-2H3,(H,32,35). The number of halogens is 1. The summed E-state index contributed by atoms with van der Waals surface area (Å²) < 4.78 is 13.5. The molecule has 0 aliphatic carbocycles. The number of aromatic amines is 1. The van der Waals surface area contributed by atoms with Crippen molar-refractivity contribution in [1.82, 2.24) is 9.88 Å². The maximum Gasteiger partial charge on any atom is 0.226 e. The van der Waals surface area contributed by atoms with Gasteiger partial charge in [0.1, 0.15) is 5.82 Å². The largest absolute Gasteiger partial charge is 0.354 e. The Bertz CT molecular complexity index is 1320. The molecule has 1 saturated heterocycles. The van der Waals surface area contributed by atoms with Crippen LogP contribution in [0.25, 0.3) is 22.2 Å². The van der Waals surface area contributed by atoms with Crippen molar-refractivity contribution in [2.75, 3.05) is 18.4 Å². The second kappa shape index (κ2) is 10.0. The van der Waals surface area contributed by atoms with Gasteiger partial charge in [-0.15, -0.1) is 0 Å². The number of nitrogens with zero attached hydrogens (tertiary/aromatic N) is 1. The fraction of sp³-hybridized carbons (Fsp3) is 0.300. The van der Waals surface area contributed by atoms with Gasteiger partial charge in [0.25, 0.3) is 0 Å². The lowest BCUT2D eigenvalue weighted by Crippen LogP contribution is -2.32. The second-order valence-corrected chi connectivity index (χ2v) is 9.85. The van der Waals surface area contributed by atoms with E-state index < -0.39 is 0 Å². The lowest BCUT2D eigenvalue weighted by atomic mass is 9.89. The minimum Gasteiger partial charge on any atom is -0.354 e. The van der Waals surface area contributed by atoms with Crippen LogP contribution in [0.5, 0.6) is 0 Å². The van der Waals surface area contributed by atoms with Crippen LogP contribution in [-0.4, -0.2) is 28.9 Å². The number of H-pyrrole nitrogens is 1. The van der Waals surface area contributed by atoms with Crippen molar-refractivity contribution in [3.8, 4) is 11.3 Å². The zero-order chi connectivity index (χ0) is 24.4. The molecule has 4 nitrogen and oxygen atoms in total. The molecule has 35 heavy (non-hydrogen) atoms. The fourth-order valence-corrected chi connectivity index (χ4v) is 5.03. The summed E-state index contributed by atoms with van der Waals surface area (Å²) in [5.41, 5.74) is 6.63. The van der Waals surface area contributed by atoms with Crippen LogP contribution in [0, 0.1) is 11.7 Å². The number of nitrogens with one attached hydrogen (secondary N) is 2. The minimum absolute atomic E-state index is 0.0359. The summed E-state index contributed by atoms with van der Waals surface area (Å²) in [6, 6.07) is 23.4. The average molecular weight is 470 g/mol. The molecule has 0 unspecified atom stereocenters. The molecule has 1 fully saturated rings. The number of fused-ring (bicyclic) bond motifs is 1. The quantitative estimate of drug-likeness (QED) is 0.321. The summed E-state index contributed by atoms with van der Waals surface area (Å²) in [6.45, 7) is 6.69. The third-order valence-electron chi connectivity index (χ3n) is 7.07. The molecule has 1 aliphatic rings. The molecular weight excluding hydrogens is 437 g/mol. The van der Waals surface area contributed by atoms with Crippen LogP contribution in [-0.2, 0) is 11.3 Å². The van der Waals surface area contributed by atoms with Crippen molar-refractivity contribution in [2.24, 2.45) is 5.92 Å². The Balaban J connectivity index is 1.31. The first-order valence-corrected chi connectivity index (χ1v) is 12.5. The van der Waals surface area contributed by atoms with E-state index in [4.69, 9.17) is 0 Å². The molecule has 2 N–H and O–H groups in total. The summed E-state index contributed by atoms with van der Waals surface area (Å²) in [4.78, 5) is 18.2. The van der Waals surface area contributed by atoms with Gasteiger partial charge in [-0.3, -0.25) is 9.69 Å². The van der Waals surface area contributed by atoms with E-state index in [9.17, 15) is 9.18 Å². The molecule has 0 bridgehead atoms. The van der Waals surface area contributed by atoms with E-state index in [0.717, 1.165) is 54.9 Å². The number of hydrogen-bond acceptors (Lipinski definition) is 2. The van der Waals surface area contributed by atoms with E-state index in [1.165, 1.54) is 28.6 Å². The topological polar surface area (TPSA) is 48.1 Å². The van der Waals surface area contributed by atoms with Gasteiger partial charge in [-0.25, -0.2) is 4.39 Å². The number of hydrogen-bond donors (Lipinski definition) is 2. The van der Waals surface area contributed by atoms with Crippen molar-refractivity contribution >= 4 is 22.5 Å². The third kappa shape index (κ3) is 5.15. The molecule has 4 aromatic rings. The minimum atomic E-state index is -0.221. The first-order chi connectivity index (χ1) is 17.0. The van der Waals surface area contributed by atoms with Gasteiger partial charge in [0.2, 0.25) is 5.91 Å². The molecule has 1 aliphatic heterocycles. The van der Waals surface area contributed by atoms with Crippen molar-refractivity contribution < 1.29 is 9.18 Å². The molecule has 0 radical (unpaired) electrons. The normalized spacial score (nSPS) is 15.1. The van der Waals surface area contributed by atoms with Crippen LogP contribution in [0.1, 0.15) is 43.7 Å². The molecule has 1 amide bonds. The molecule has 1 aromatic heterocycles. The Hall–Kier alpha value is -3.44. The highest BCUT2D eigenvalue weighted by molar-refractivity contribution is 5.92. The average Bonchev–Trinajstić information content (AvgIpc) is 3.23. The molecule has 5 rings (SSSR count). The van der Waals surface area contributed by atoms with E-state index in [1.807, 2.05) is 44.2 Å². The van der Waals surface area contributed by atoms with Gasteiger partial charge in [0, 0.05) is 29.1 Å². The highest BCUT2D eigenvalue weighted by Crippen LogP contribution is 2.34. The van der Waals surface area contributed by atoms with Crippen LogP contribution >= 0.6 is 0 Å². The summed E-state index contributed by atoms with van der Waals surface area (Å²) in [5, 5.41) is 4.25. The molecular formula is C30H32FN3O. The van der Waals surface area contributed by atoms with E-state index in [-0.39, 0.29) is 17.6 Å². The van der Waals surface area contributed by atoms with Gasteiger partial charge in [0.15, 0.2) is 0 Å². The zero-order valence-electron chi connectivity index (χ0n) is 20.4. The number of para-hydroxylation sites is 1. The molecule has 0 atom stereocenters. The third-order valence-corrected chi connectivity index (χ3v) is 7.07. The van der Waals surface area contributed by atoms with Crippen LogP contribution in [0.15, 0.2) is 72.8 Å². The van der Waals surface area contributed by atoms with Crippen molar-refractivity contribution in [1.29, 1.82) is 0 Å². The molecule has 180 valence electrons. The summed E-state index contributed by atoms with van der Waals surface area (Å²) in [7, 11) is 0. The number of carbonyl (C=O) groups is 1. The molecule has 5 heteroatoms. The lowest BCUT2D eigenvalue weighted by molar-refractivity contribution is -0.118. The Morgan fingerprint density at radius 2 is 1.77 bits per heavy atom. The number of likely N-dealkylation sites (tertiary alicyclic amines) is 1. The van der Waals surface area contributed by atoms with Crippen LogP contribution in [0.4, 0.5) is 10.1 Å². The van der Waals surface area contributed by atoms with Crippen LogP contribution in [0.2, 0.25) is 0 Å². The number of anilines is 1. The number of aromatic nitrogens is 1. The van der Waals surface area contributed by atoms with E-state index >= 15 is 0 Å². The van der Waals surface area contributed by atoms with Gasteiger partial charge in [-0.05, 0) is 91.0 Å². The number of benzene rings is 3. The fourth-order valence-electron chi connectivity index (χ4n) is 5.03. The first kappa shape index (κ1) is 23.3. The van der Waals surface area contributed by atoms with Crippen molar-refractivity contribution in [2.45, 2.75) is 39.2 Å². The number of carbonyl (C=O) groups excluding carboxylic acids is 1. The van der Waals surface area contributed by atoms with Crippen molar-refractivity contribution in [3.05, 3.63) is 89.7 Å². The van der Waals surface area contributed by atoms with Crippen LogP contribution in [0.3, 0.4) is 0 Å². The van der Waals surface area contributed by atoms with Crippen molar-refractivity contribution in [3.63, 3.8) is 0 Å². The summed E-state index contributed by atoms with van der Waals surface area (Å²) >= 11 is 0. The number of piperidine rings is 1. The summed E-state index contributed by atoms with van der Waals surface area (Å²) in [5.74, 6) is 0.280. The molecule has 0 spiro atoms. The molecule has 2 heterocycles. The smallest absolute Gasteiger partial charge is 0.226 e. The van der Waals surface area contributed by atoms with E-state index in [2.05, 4.69) is 45.5 Å². The van der Waals surface area contributed by atoms with E-state index in [1.54, 1.807) is 0 Å². The Morgan fingerprint density at radius 1 is 1.03 bits per heavy atom. The SMILES string of the molecule is CC(C)C(=O)Nc1cccc(C2CCN(Cc3c(-c4ccc(F)cc4)[nH]c4ccccc34)CC2)c1. The number of rotatable bonds is 6. The Kier molecular flexibility index (Phi) is 6.69. The summed E-state index contributed by atoms with van der Waals surface area (Å²) in [6.07, 6.45) is 2.16. The van der Waals surface area contributed by atoms with Gasteiger partial charge in [-0.1, -0.05) is 44.2 Å². The van der Waals surface area contributed by atoms with Gasteiger partial charge in [-0.2, -0.15) is 0 Å². The maximum absolute atomic E-state index is 13.5. The predicted molar refractivity (Wildman–Crippen MR) is 141 cm³/mol. The lowest BCUT2D eigenvalue weighted by Gasteiger charge is -2.32. The van der Waals surface area contributed by atoms with Gasteiger partial charge >= 0.3 is 0 Å². The van der Waals surface area contributed by atoms with Crippen LogP contribution < -0.4 is 5.32 Å². The highest BCUT2D eigenvalue weighted by atomic mass is 19.1. The number of amides is 1. The Labute approximate surface area is 206 Å². The van der Waals surface area contributed by atoms with E-state index in [0.29, 0.717) is 5.92 Å². The monoisotopic (exact) mass is 469 g/mol. The molecule has 3 aromatic carbocycles. The first-order valence-electron chi connectivity index (χ1n) is 12.5. The predicted octanol–water partition coefficient (Wildman–Crippen LogP) is 6.95. The van der Waals surface area contributed by atoms with Gasteiger partial charge in [0.05, 0.1) is 5.69 Å². The molecule has 0 saturated carbocycles. The second-order valence-electron chi connectivity index (χ2n) is 9.85. The highest BCUT2D eigenvalue weighted by Gasteiger charge is 2.23.